The highest BCUT2D eigenvalue weighted by molar-refractivity contribution is 5.63. The van der Waals surface area contributed by atoms with Gasteiger partial charge in [-0.15, -0.1) is 13.0 Å². The van der Waals surface area contributed by atoms with Gasteiger partial charge in [-0.05, 0) is 11.1 Å². The lowest BCUT2D eigenvalue weighted by molar-refractivity contribution is 1.24. The van der Waals surface area contributed by atoms with E-state index in [1.54, 1.807) is 6.08 Å². The molecule has 0 bridgehead atoms. The van der Waals surface area contributed by atoms with Crippen molar-refractivity contribution in [1.82, 2.24) is 0 Å². The van der Waals surface area contributed by atoms with Gasteiger partial charge in [-0.2, -0.15) is 0 Å². The average Bonchev–Trinajstić information content (AvgIpc) is 2.26. The highest BCUT2D eigenvalue weighted by atomic mass is 14.1. The van der Waals surface area contributed by atoms with Crippen LogP contribution in [0.1, 0.15) is 23.6 Å². The van der Waals surface area contributed by atoms with Gasteiger partial charge in [0, 0.05) is 11.5 Å². The molecule has 0 heteroatoms. The van der Waals surface area contributed by atoms with Crippen molar-refractivity contribution in [3.05, 3.63) is 60.0 Å². The van der Waals surface area contributed by atoms with Crippen molar-refractivity contribution in [2.45, 2.75) is 6.92 Å². The quantitative estimate of drug-likeness (QED) is 0.627. The summed E-state index contributed by atoms with van der Waals surface area (Å²) in [7, 11) is 0. The summed E-state index contributed by atoms with van der Waals surface area (Å²) in [6, 6.07) is 5.93. The van der Waals surface area contributed by atoms with Gasteiger partial charge in [0.05, 0.1) is 0 Å². The van der Waals surface area contributed by atoms with Crippen LogP contribution in [0.25, 0.3) is 6.08 Å². The molecule has 1 aromatic carbocycles. The lowest BCUT2D eigenvalue weighted by Crippen LogP contribution is -1.96. The third-order valence-electron chi connectivity index (χ3n) is 2.19. The predicted molar refractivity (Wildman–Crippen MR) is 62.7 cm³/mol. The number of hydrogen-bond donors (Lipinski definition) is 0. The molecule has 0 aliphatic heterocycles. The third-order valence-corrected chi connectivity index (χ3v) is 2.19. The molecule has 0 nitrogen and oxygen atoms in total. The summed E-state index contributed by atoms with van der Waals surface area (Å²) in [5, 5.41) is 0. The zero-order valence-corrected chi connectivity index (χ0v) is 8.38. The number of allylic oxidation sites excluding steroid dienone is 1. The Hall–Kier alpha value is -1.74. The molecule has 0 saturated carbocycles. The largest absolute Gasteiger partial charge is 0.115 e. The smallest absolute Gasteiger partial charge is 0.0356 e. The van der Waals surface area contributed by atoms with Crippen LogP contribution in [0.2, 0.25) is 0 Å². The summed E-state index contributed by atoms with van der Waals surface area (Å²) in [5.41, 5.74) is 2.94. The second-order valence-corrected chi connectivity index (χ2v) is 3.01. The third kappa shape index (κ3) is 1.78. The van der Waals surface area contributed by atoms with E-state index in [0.29, 0.717) is 0 Å². The maximum atomic E-state index is 5.47. The molecule has 0 aromatic heterocycles. The predicted octanol–water partition coefficient (Wildman–Crippen LogP) is 3.44. The highest BCUT2D eigenvalue weighted by Crippen LogP contribution is 2.22. The zero-order valence-electron chi connectivity index (χ0n) is 8.38. The van der Waals surface area contributed by atoms with Crippen LogP contribution in [0.5, 0.6) is 0 Å². The Balaban J connectivity index is 3.37. The van der Waals surface area contributed by atoms with Gasteiger partial charge in [0.2, 0.25) is 0 Å². The van der Waals surface area contributed by atoms with Gasteiger partial charge in [-0.25, -0.2) is 0 Å². The maximum Gasteiger partial charge on any atom is 0.0356 e. The first-order valence-electron chi connectivity index (χ1n) is 4.43. The normalized spacial score (nSPS) is 9.50. The molecule has 0 saturated heterocycles. The van der Waals surface area contributed by atoms with E-state index in [-0.39, 0.29) is 0 Å². The summed E-state index contributed by atoms with van der Waals surface area (Å²) in [6.07, 6.45) is 9.06. The van der Waals surface area contributed by atoms with Crippen molar-refractivity contribution >= 4 is 6.08 Å². The first-order chi connectivity index (χ1) is 6.74. The molecule has 69 valence electrons. The van der Waals surface area contributed by atoms with E-state index in [2.05, 4.69) is 19.1 Å². The fourth-order valence-corrected chi connectivity index (χ4v) is 1.34. The molecule has 0 heterocycles. The molecule has 0 aliphatic carbocycles. The van der Waals surface area contributed by atoms with E-state index in [4.69, 9.17) is 6.42 Å². The molecular formula is C14H13. The monoisotopic (exact) mass is 181 g/mol. The maximum absolute atomic E-state index is 5.47. The number of rotatable bonds is 3. The number of hydrogen-bond acceptors (Lipinski definition) is 0. The molecular weight excluding hydrogens is 168 g/mol. The Morgan fingerprint density at radius 2 is 2.14 bits per heavy atom. The van der Waals surface area contributed by atoms with E-state index in [9.17, 15) is 0 Å². The minimum Gasteiger partial charge on any atom is -0.115 e. The standard InChI is InChI=1S/C14H13/c1-5-11(4)14-10-8-9-12(6-2)13(14)7-3/h3,5-6,8-10H,1-2H2,4H3. The second kappa shape index (κ2) is 4.48. The van der Waals surface area contributed by atoms with E-state index in [1.807, 2.05) is 31.2 Å². The molecule has 1 rings (SSSR count). The fourth-order valence-electron chi connectivity index (χ4n) is 1.34. The van der Waals surface area contributed by atoms with Crippen molar-refractivity contribution < 1.29 is 0 Å². The Morgan fingerprint density at radius 1 is 1.43 bits per heavy atom. The van der Waals surface area contributed by atoms with Crippen LogP contribution < -0.4 is 0 Å². The SMILES string of the molecule is C#Cc1c(C=C)cccc1[C](C)C=C. The molecule has 0 atom stereocenters. The zero-order chi connectivity index (χ0) is 10.6. The van der Waals surface area contributed by atoms with Crippen LogP contribution in [-0.4, -0.2) is 0 Å². The van der Waals surface area contributed by atoms with Gasteiger partial charge in [-0.3, -0.25) is 0 Å². The van der Waals surface area contributed by atoms with Crippen molar-refractivity contribution in [2.24, 2.45) is 0 Å². The summed E-state index contributed by atoms with van der Waals surface area (Å²) in [5.74, 6) is 3.78. The molecule has 0 aliphatic rings. The van der Waals surface area contributed by atoms with Crippen molar-refractivity contribution in [1.29, 1.82) is 0 Å². The number of terminal acetylenes is 1. The number of benzene rings is 1. The average molecular weight is 181 g/mol. The second-order valence-electron chi connectivity index (χ2n) is 3.01. The molecule has 1 aromatic rings. The molecule has 0 spiro atoms. The fraction of sp³-hybridized carbons (Fsp3) is 0.0714. The van der Waals surface area contributed by atoms with Crippen LogP contribution in [0.4, 0.5) is 0 Å². The summed E-state index contributed by atoms with van der Waals surface area (Å²) in [4.78, 5) is 0. The summed E-state index contributed by atoms with van der Waals surface area (Å²) in [6.45, 7) is 9.47. The van der Waals surface area contributed by atoms with Crippen LogP contribution >= 0.6 is 0 Å². The molecule has 0 fully saturated rings. The Labute approximate surface area is 86.0 Å². The van der Waals surface area contributed by atoms with Gasteiger partial charge in [0.25, 0.3) is 0 Å². The van der Waals surface area contributed by atoms with Crippen LogP contribution in [-0.2, 0) is 0 Å². The molecule has 0 N–H and O–H groups in total. The minimum absolute atomic E-state index is 0.889. The van der Waals surface area contributed by atoms with Crippen LogP contribution in [0.15, 0.2) is 37.4 Å². The first kappa shape index (κ1) is 10.3. The van der Waals surface area contributed by atoms with E-state index >= 15 is 0 Å². The minimum atomic E-state index is 0.889. The molecule has 14 heavy (non-hydrogen) atoms. The highest BCUT2D eigenvalue weighted by Gasteiger charge is 2.08. The lowest BCUT2D eigenvalue weighted by Gasteiger charge is -2.10. The lowest BCUT2D eigenvalue weighted by atomic mass is 9.92. The van der Waals surface area contributed by atoms with Gasteiger partial charge < -0.3 is 0 Å². The first-order valence-corrected chi connectivity index (χ1v) is 4.43. The molecule has 1 radical (unpaired) electrons. The van der Waals surface area contributed by atoms with Gasteiger partial charge >= 0.3 is 0 Å². The van der Waals surface area contributed by atoms with Crippen molar-refractivity contribution in [3.8, 4) is 12.3 Å². The van der Waals surface area contributed by atoms with E-state index in [0.717, 1.165) is 22.6 Å². The summed E-state index contributed by atoms with van der Waals surface area (Å²) >= 11 is 0. The molecule has 0 unspecified atom stereocenters. The van der Waals surface area contributed by atoms with Gasteiger partial charge in [0.1, 0.15) is 0 Å². The topological polar surface area (TPSA) is 0 Å². The van der Waals surface area contributed by atoms with Crippen molar-refractivity contribution in [3.63, 3.8) is 0 Å². The van der Waals surface area contributed by atoms with Crippen LogP contribution in [0, 0.1) is 18.3 Å². The Kier molecular flexibility index (Phi) is 3.31. The van der Waals surface area contributed by atoms with Crippen LogP contribution in [0.3, 0.4) is 0 Å². The summed E-state index contributed by atoms with van der Waals surface area (Å²) < 4.78 is 0. The van der Waals surface area contributed by atoms with Gasteiger partial charge in [-0.1, -0.05) is 49.8 Å². The van der Waals surface area contributed by atoms with Gasteiger partial charge in [0.15, 0.2) is 0 Å². The van der Waals surface area contributed by atoms with Crippen molar-refractivity contribution in [2.75, 3.05) is 0 Å². The Morgan fingerprint density at radius 3 is 2.64 bits per heavy atom. The Bertz CT molecular complexity index is 391. The van der Waals surface area contributed by atoms with E-state index in [1.165, 1.54) is 0 Å². The molecule has 0 amide bonds. The van der Waals surface area contributed by atoms with E-state index < -0.39 is 0 Å².